The van der Waals surface area contributed by atoms with Crippen molar-refractivity contribution in [3.8, 4) is 6.07 Å². The fourth-order valence-electron chi connectivity index (χ4n) is 1.67. The molecule has 0 saturated carbocycles. The number of nitrogens with zero attached hydrogens (tertiary/aromatic N) is 2. The molecule has 0 aliphatic carbocycles. The van der Waals surface area contributed by atoms with Gasteiger partial charge in [0.1, 0.15) is 11.6 Å². The average Bonchev–Trinajstić information content (AvgIpc) is 2.39. The zero-order valence-electron chi connectivity index (χ0n) is 10.7. The molecule has 0 aliphatic heterocycles. The highest BCUT2D eigenvalue weighted by Gasteiger charge is 2.17. The first-order chi connectivity index (χ1) is 9.03. The summed E-state index contributed by atoms with van der Waals surface area (Å²) in [6.45, 7) is 1.94. The van der Waals surface area contributed by atoms with Crippen LogP contribution in [0.15, 0.2) is 18.2 Å². The SMILES string of the molecule is CSC(CO)C(C)Nc1ccc([N+](=O)[O-])c(C#N)c1. The molecule has 0 saturated heterocycles. The molecule has 0 heterocycles. The Morgan fingerprint density at radius 1 is 1.63 bits per heavy atom. The molecule has 0 aliphatic rings. The first-order valence-corrected chi connectivity index (χ1v) is 6.91. The monoisotopic (exact) mass is 281 g/mol. The summed E-state index contributed by atoms with van der Waals surface area (Å²) >= 11 is 1.53. The molecule has 2 unspecified atom stereocenters. The second kappa shape index (κ2) is 6.97. The number of nitrogens with one attached hydrogen (secondary N) is 1. The maximum atomic E-state index is 10.7. The van der Waals surface area contributed by atoms with E-state index in [4.69, 9.17) is 5.26 Å². The normalized spacial score (nSPS) is 13.4. The van der Waals surface area contributed by atoms with Crippen LogP contribution in [0.3, 0.4) is 0 Å². The van der Waals surface area contributed by atoms with Gasteiger partial charge >= 0.3 is 0 Å². The zero-order valence-corrected chi connectivity index (χ0v) is 11.5. The van der Waals surface area contributed by atoms with E-state index in [0.29, 0.717) is 5.69 Å². The standard InChI is InChI=1S/C12H15N3O3S/c1-8(12(7-16)19-2)14-10-3-4-11(15(17)18)9(5-10)6-13/h3-5,8,12,14,16H,7H2,1-2H3. The van der Waals surface area contributed by atoms with Gasteiger partial charge in [-0.05, 0) is 25.3 Å². The molecule has 0 spiro atoms. The Labute approximate surface area is 115 Å². The lowest BCUT2D eigenvalue weighted by Gasteiger charge is -2.22. The highest BCUT2D eigenvalue weighted by molar-refractivity contribution is 7.99. The summed E-state index contributed by atoms with van der Waals surface area (Å²) in [6, 6.07) is 6.10. The van der Waals surface area contributed by atoms with Gasteiger partial charge in [-0.15, -0.1) is 0 Å². The van der Waals surface area contributed by atoms with Gasteiger partial charge < -0.3 is 10.4 Å². The molecule has 1 aromatic rings. The van der Waals surface area contributed by atoms with Gasteiger partial charge in [0.25, 0.3) is 5.69 Å². The maximum absolute atomic E-state index is 10.7. The predicted molar refractivity (Wildman–Crippen MR) is 75.3 cm³/mol. The van der Waals surface area contributed by atoms with Gasteiger partial charge in [-0.3, -0.25) is 10.1 Å². The minimum atomic E-state index is -0.579. The van der Waals surface area contributed by atoms with E-state index in [0.717, 1.165) is 0 Å². The molecule has 7 heteroatoms. The lowest BCUT2D eigenvalue weighted by atomic mass is 10.1. The number of nitro groups is 1. The van der Waals surface area contributed by atoms with Crippen LogP contribution in [0.5, 0.6) is 0 Å². The molecule has 1 rings (SSSR count). The number of rotatable bonds is 6. The fourth-order valence-corrected chi connectivity index (χ4v) is 2.29. The third kappa shape index (κ3) is 3.84. The van der Waals surface area contributed by atoms with Crippen LogP contribution in [0.2, 0.25) is 0 Å². The molecule has 0 aromatic heterocycles. The number of hydrogen-bond donors (Lipinski definition) is 2. The van der Waals surface area contributed by atoms with E-state index in [9.17, 15) is 15.2 Å². The Morgan fingerprint density at radius 2 is 2.32 bits per heavy atom. The molecular weight excluding hydrogens is 266 g/mol. The van der Waals surface area contributed by atoms with Crippen LogP contribution in [0.25, 0.3) is 0 Å². The van der Waals surface area contributed by atoms with Crippen molar-refractivity contribution in [3.63, 3.8) is 0 Å². The lowest BCUT2D eigenvalue weighted by Crippen LogP contribution is -2.30. The molecule has 0 fully saturated rings. The topological polar surface area (TPSA) is 99.2 Å². The van der Waals surface area contributed by atoms with Crippen LogP contribution in [-0.4, -0.2) is 34.2 Å². The molecule has 2 N–H and O–H groups in total. The smallest absolute Gasteiger partial charge is 0.287 e. The summed E-state index contributed by atoms with van der Waals surface area (Å²) in [5, 5.41) is 31.9. The molecule has 19 heavy (non-hydrogen) atoms. The van der Waals surface area contributed by atoms with E-state index < -0.39 is 4.92 Å². The summed E-state index contributed by atoms with van der Waals surface area (Å²) in [4.78, 5) is 10.1. The molecule has 0 radical (unpaired) electrons. The third-order valence-electron chi connectivity index (χ3n) is 2.75. The summed E-state index contributed by atoms with van der Waals surface area (Å²) < 4.78 is 0. The quantitative estimate of drug-likeness (QED) is 0.611. The number of aliphatic hydroxyl groups is 1. The zero-order chi connectivity index (χ0) is 14.4. The Kier molecular flexibility index (Phi) is 5.60. The van der Waals surface area contributed by atoms with Crippen LogP contribution in [0.1, 0.15) is 12.5 Å². The van der Waals surface area contributed by atoms with Gasteiger partial charge in [-0.1, -0.05) is 0 Å². The van der Waals surface area contributed by atoms with Crippen LogP contribution < -0.4 is 5.32 Å². The van der Waals surface area contributed by atoms with Gasteiger partial charge in [0, 0.05) is 23.0 Å². The molecule has 2 atom stereocenters. The lowest BCUT2D eigenvalue weighted by molar-refractivity contribution is -0.385. The number of thioether (sulfide) groups is 1. The average molecular weight is 281 g/mol. The number of nitriles is 1. The number of anilines is 1. The van der Waals surface area contributed by atoms with E-state index in [-0.39, 0.29) is 29.1 Å². The van der Waals surface area contributed by atoms with Gasteiger partial charge in [-0.25, -0.2) is 0 Å². The number of benzene rings is 1. The highest BCUT2D eigenvalue weighted by atomic mass is 32.2. The summed E-state index contributed by atoms with van der Waals surface area (Å²) in [5.74, 6) is 0. The van der Waals surface area contributed by atoms with Crippen LogP contribution in [-0.2, 0) is 0 Å². The number of aliphatic hydroxyl groups excluding tert-OH is 1. The van der Waals surface area contributed by atoms with Gasteiger partial charge in [0.2, 0.25) is 0 Å². The molecule has 1 aromatic carbocycles. The second-order valence-electron chi connectivity index (χ2n) is 3.99. The Hall–Kier alpha value is -1.78. The van der Waals surface area contributed by atoms with Crippen molar-refractivity contribution in [3.05, 3.63) is 33.9 Å². The molecule has 0 amide bonds. The van der Waals surface area contributed by atoms with Gasteiger partial charge in [0.05, 0.1) is 11.5 Å². The first kappa shape index (κ1) is 15.3. The van der Waals surface area contributed by atoms with Crippen molar-refractivity contribution in [1.29, 1.82) is 5.26 Å². The van der Waals surface area contributed by atoms with E-state index in [1.807, 2.05) is 19.2 Å². The minimum Gasteiger partial charge on any atom is -0.395 e. The van der Waals surface area contributed by atoms with E-state index >= 15 is 0 Å². The van der Waals surface area contributed by atoms with E-state index in [1.165, 1.54) is 23.9 Å². The summed E-state index contributed by atoms with van der Waals surface area (Å²) in [7, 11) is 0. The minimum absolute atomic E-state index is 0.0146. The first-order valence-electron chi connectivity index (χ1n) is 5.62. The Bertz CT molecular complexity index is 497. The van der Waals surface area contributed by atoms with Crippen molar-refractivity contribution >= 4 is 23.1 Å². The van der Waals surface area contributed by atoms with E-state index in [2.05, 4.69) is 5.32 Å². The fraction of sp³-hybridized carbons (Fsp3) is 0.417. The van der Waals surface area contributed by atoms with Crippen molar-refractivity contribution in [2.24, 2.45) is 0 Å². The van der Waals surface area contributed by atoms with Gasteiger partial charge in [0.15, 0.2) is 0 Å². The number of nitro benzene ring substituents is 1. The molecule has 102 valence electrons. The number of hydrogen-bond acceptors (Lipinski definition) is 6. The maximum Gasteiger partial charge on any atom is 0.287 e. The second-order valence-corrected chi connectivity index (χ2v) is 5.07. The van der Waals surface area contributed by atoms with Crippen molar-refractivity contribution < 1.29 is 10.0 Å². The Morgan fingerprint density at radius 3 is 2.79 bits per heavy atom. The highest BCUT2D eigenvalue weighted by Crippen LogP contribution is 2.23. The third-order valence-corrected chi connectivity index (χ3v) is 3.91. The van der Waals surface area contributed by atoms with Crippen LogP contribution in [0, 0.1) is 21.4 Å². The Balaban J connectivity index is 2.92. The van der Waals surface area contributed by atoms with Crippen molar-refractivity contribution in [2.75, 3.05) is 18.2 Å². The largest absolute Gasteiger partial charge is 0.395 e. The van der Waals surface area contributed by atoms with E-state index in [1.54, 1.807) is 6.07 Å². The summed E-state index contributed by atoms with van der Waals surface area (Å²) in [5.41, 5.74) is 0.443. The molecule has 6 nitrogen and oxygen atoms in total. The van der Waals surface area contributed by atoms with Gasteiger partial charge in [-0.2, -0.15) is 17.0 Å². The van der Waals surface area contributed by atoms with Crippen LogP contribution in [0.4, 0.5) is 11.4 Å². The molecule has 0 bridgehead atoms. The van der Waals surface area contributed by atoms with Crippen molar-refractivity contribution in [2.45, 2.75) is 18.2 Å². The van der Waals surface area contributed by atoms with Crippen molar-refractivity contribution in [1.82, 2.24) is 0 Å². The van der Waals surface area contributed by atoms with Crippen LogP contribution >= 0.6 is 11.8 Å². The molecular formula is C12H15N3O3S. The summed E-state index contributed by atoms with van der Waals surface area (Å²) in [6.07, 6.45) is 1.90. The predicted octanol–water partition coefficient (Wildman–Crippen LogP) is 1.99.